The highest BCUT2D eigenvalue weighted by Gasteiger charge is 2.18. The van der Waals surface area contributed by atoms with Crippen molar-refractivity contribution in [3.8, 4) is 0 Å². The average molecular weight is 161 g/mol. The van der Waals surface area contributed by atoms with Crippen LogP contribution in [0.4, 0.5) is 0 Å². The van der Waals surface area contributed by atoms with Crippen molar-refractivity contribution in [1.29, 1.82) is 0 Å². The lowest BCUT2D eigenvalue weighted by molar-refractivity contribution is 0.866. The molecular weight excluding hydrogens is 146 g/mol. The largest absolute Gasteiger partial charge is 0.348 e. The maximum atomic E-state index is 2.30. The first-order valence-electron chi connectivity index (χ1n) is 4.43. The van der Waals surface area contributed by atoms with E-state index in [0.717, 1.165) is 6.42 Å². The molecule has 12 heavy (non-hydrogen) atoms. The molecule has 0 unspecified atom stereocenters. The normalized spacial score (nSPS) is 14.8. The fraction of sp³-hybridized carbons (Fsp3) is 0.455. The van der Waals surface area contributed by atoms with Gasteiger partial charge in [-0.05, 0) is 44.4 Å². The molecule has 0 radical (unpaired) electrons. The highest BCUT2D eigenvalue weighted by Crippen LogP contribution is 2.30. The molecule has 0 N–H and O–H groups in total. The summed E-state index contributed by atoms with van der Waals surface area (Å²) in [5.74, 6) is 0. The van der Waals surface area contributed by atoms with E-state index in [0.29, 0.717) is 0 Å². The standard InChI is InChI=1S/C11H15N/c1-7-5-10-8(2)9(3)12(4)11(10)6-7/h6H,5H2,1-4H3. The lowest BCUT2D eigenvalue weighted by atomic mass is 10.1. The zero-order valence-electron chi connectivity index (χ0n) is 8.23. The van der Waals surface area contributed by atoms with Gasteiger partial charge in [0.2, 0.25) is 0 Å². The molecule has 1 heteroatoms. The van der Waals surface area contributed by atoms with E-state index in [1.54, 1.807) is 0 Å². The van der Waals surface area contributed by atoms with Crippen molar-refractivity contribution in [2.24, 2.45) is 7.05 Å². The van der Waals surface area contributed by atoms with E-state index in [2.05, 4.69) is 38.5 Å². The summed E-state index contributed by atoms with van der Waals surface area (Å²) in [6, 6.07) is 0. The van der Waals surface area contributed by atoms with Crippen molar-refractivity contribution in [2.75, 3.05) is 0 Å². The molecule has 64 valence electrons. The number of hydrogen-bond donors (Lipinski definition) is 0. The molecule has 1 heterocycles. The smallest absolute Gasteiger partial charge is 0.0444 e. The van der Waals surface area contributed by atoms with Gasteiger partial charge in [-0.25, -0.2) is 0 Å². The second kappa shape index (κ2) is 2.25. The summed E-state index contributed by atoms with van der Waals surface area (Å²) in [5.41, 5.74) is 7.32. The van der Waals surface area contributed by atoms with E-state index >= 15 is 0 Å². The predicted octanol–water partition coefficient (Wildman–Crippen LogP) is 2.60. The summed E-state index contributed by atoms with van der Waals surface area (Å²) in [6.07, 6.45) is 3.46. The van der Waals surface area contributed by atoms with Gasteiger partial charge in [0.25, 0.3) is 0 Å². The Morgan fingerprint density at radius 3 is 2.50 bits per heavy atom. The van der Waals surface area contributed by atoms with Crippen molar-refractivity contribution in [3.63, 3.8) is 0 Å². The zero-order chi connectivity index (χ0) is 8.88. The molecule has 0 fully saturated rings. The molecule has 0 saturated carbocycles. The fourth-order valence-corrected chi connectivity index (χ4v) is 2.02. The lowest BCUT2D eigenvalue weighted by Crippen LogP contribution is -1.92. The Balaban J connectivity index is 2.69. The van der Waals surface area contributed by atoms with E-state index in [4.69, 9.17) is 0 Å². The number of nitrogens with zero attached hydrogens (tertiary/aromatic N) is 1. The molecule has 0 amide bonds. The number of hydrogen-bond acceptors (Lipinski definition) is 0. The molecule has 1 aliphatic carbocycles. The Morgan fingerprint density at radius 2 is 1.92 bits per heavy atom. The third-order valence-corrected chi connectivity index (χ3v) is 3.01. The fourth-order valence-electron chi connectivity index (χ4n) is 2.02. The maximum Gasteiger partial charge on any atom is 0.0444 e. The quantitative estimate of drug-likeness (QED) is 0.551. The topological polar surface area (TPSA) is 4.93 Å². The molecule has 0 saturated heterocycles. The second-order valence-electron chi connectivity index (χ2n) is 3.80. The lowest BCUT2D eigenvalue weighted by Gasteiger charge is -1.99. The van der Waals surface area contributed by atoms with Crippen molar-refractivity contribution >= 4 is 6.08 Å². The van der Waals surface area contributed by atoms with Crippen LogP contribution in [0.15, 0.2) is 5.57 Å². The van der Waals surface area contributed by atoms with Gasteiger partial charge >= 0.3 is 0 Å². The molecule has 1 aromatic heterocycles. The van der Waals surface area contributed by atoms with Gasteiger partial charge in [0.1, 0.15) is 0 Å². The Bertz CT molecular complexity index is 367. The van der Waals surface area contributed by atoms with Gasteiger partial charge in [0.15, 0.2) is 0 Å². The number of aromatic nitrogens is 1. The highest BCUT2D eigenvalue weighted by molar-refractivity contribution is 5.64. The maximum absolute atomic E-state index is 2.30. The zero-order valence-corrected chi connectivity index (χ0v) is 8.23. The van der Waals surface area contributed by atoms with Crippen LogP contribution in [-0.4, -0.2) is 4.57 Å². The Labute approximate surface area is 73.7 Å². The summed E-state index contributed by atoms with van der Waals surface area (Å²) in [5, 5.41) is 0. The second-order valence-corrected chi connectivity index (χ2v) is 3.80. The molecule has 0 atom stereocenters. The molecule has 0 bridgehead atoms. The van der Waals surface area contributed by atoms with Crippen LogP contribution in [0.25, 0.3) is 6.08 Å². The van der Waals surface area contributed by atoms with E-state index in [9.17, 15) is 0 Å². The van der Waals surface area contributed by atoms with E-state index in [1.807, 2.05) is 0 Å². The van der Waals surface area contributed by atoms with E-state index < -0.39 is 0 Å². The van der Waals surface area contributed by atoms with Gasteiger partial charge in [-0.1, -0.05) is 5.57 Å². The van der Waals surface area contributed by atoms with Crippen LogP contribution in [0.3, 0.4) is 0 Å². The summed E-state index contributed by atoms with van der Waals surface area (Å²) >= 11 is 0. The minimum Gasteiger partial charge on any atom is -0.348 e. The van der Waals surface area contributed by atoms with Crippen LogP contribution in [0.1, 0.15) is 29.4 Å². The van der Waals surface area contributed by atoms with Crippen LogP contribution in [-0.2, 0) is 13.5 Å². The predicted molar refractivity (Wildman–Crippen MR) is 52.2 cm³/mol. The van der Waals surface area contributed by atoms with Crippen LogP contribution >= 0.6 is 0 Å². The Hall–Kier alpha value is -0.980. The first kappa shape index (κ1) is 7.66. The molecular formula is C11H15N. The molecule has 1 aliphatic rings. The molecule has 0 spiro atoms. The van der Waals surface area contributed by atoms with E-state index in [1.165, 1.54) is 28.1 Å². The third-order valence-electron chi connectivity index (χ3n) is 3.01. The minimum atomic E-state index is 1.16. The highest BCUT2D eigenvalue weighted by atomic mass is 15.0. The SMILES string of the molecule is CC1=Cc2c(c(C)c(C)n2C)C1. The molecule has 2 rings (SSSR count). The van der Waals surface area contributed by atoms with Crippen LogP contribution in [0.2, 0.25) is 0 Å². The van der Waals surface area contributed by atoms with Gasteiger partial charge in [-0.3, -0.25) is 0 Å². The Kier molecular flexibility index (Phi) is 1.44. The summed E-state index contributed by atoms with van der Waals surface area (Å²) < 4.78 is 2.29. The third kappa shape index (κ3) is 0.795. The molecule has 1 aromatic rings. The molecule has 1 nitrogen and oxygen atoms in total. The number of rotatable bonds is 0. The van der Waals surface area contributed by atoms with Crippen LogP contribution in [0.5, 0.6) is 0 Å². The van der Waals surface area contributed by atoms with Gasteiger partial charge in [0, 0.05) is 18.4 Å². The first-order valence-corrected chi connectivity index (χ1v) is 4.43. The van der Waals surface area contributed by atoms with Gasteiger partial charge in [-0.2, -0.15) is 0 Å². The van der Waals surface area contributed by atoms with Crippen molar-refractivity contribution < 1.29 is 0 Å². The first-order chi connectivity index (χ1) is 5.61. The molecule has 0 aromatic carbocycles. The monoisotopic (exact) mass is 161 g/mol. The average Bonchev–Trinajstić information content (AvgIpc) is 2.49. The van der Waals surface area contributed by atoms with E-state index in [-0.39, 0.29) is 0 Å². The Morgan fingerprint density at radius 1 is 1.25 bits per heavy atom. The van der Waals surface area contributed by atoms with Gasteiger partial charge < -0.3 is 4.57 Å². The van der Waals surface area contributed by atoms with Crippen molar-refractivity contribution in [2.45, 2.75) is 27.2 Å². The summed E-state index contributed by atoms with van der Waals surface area (Å²) in [6.45, 7) is 6.62. The van der Waals surface area contributed by atoms with Crippen molar-refractivity contribution in [3.05, 3.63) is 28.1 Å². The van der Waals surface area contributed by atoms with Gasteiger partial charge in [-0.15, -0.1) is 0 Å². The summed E-state index contributed by atoms with van der Waals surface area (Å²) in [4.78, 5) is 0. The van der Waals surface area contributed by atoms with Crippen molar-refractivity contribution in [1.82, 2.24) is 4.57 Å². The van der Waals surface area contributed by atoms with Gasteiger partial charge in [0.05, 0.1) is 0 Å². The molecule has 0 aliphatic heterocycles. The van der Waals surface area contributed by atoms with Crippen LogP contribution < -0.4 is 0 Å². The number of allylic oxidation sites excluding steroid dienone is 1. The van der Waals surface area contributed by atoms with Crippen LogP contribution in [0, 0.1) is 13.8 Å². The minimum absolute atomic E-state index is 1.16. The number of fused-ring (bicyclic) bond motifs is 1. The summed E-state index contributed by atoms with van der Waals surface area (Å²) in [7, 11) is 2.15.